The van der Waals surface area contributed by atoms with Crippen molar-refractivity contribution >= 4 is 17.3 Å². The molecule has 8 heteroatoms. The number of carbonyl (C=O) groups is 1. The summed E-state index contributed by atoms with van der Waals surface area (Å²) < 4.78 is 44.6. The highest BCUT2D eigenvalue weighted by Gasteiger charge is 2.32. The predicted octanol–water partition coefficient (Wildman–Crippen LogP) is 2.30. The molecule has 0 aliphatic carbocycles. The molecule has 2 aromatic carbocycles. The number of likely N-dealkylation sites (N-methyl/N-ethyl adjacent to an activating group) is 1. The number of carbonyl (C=O) groups excluding carboxylic acids is 1. The molecule has 5 nitrogen and oxygen atoms in total. The molecule has 0 saturated carbocycles. The number of nitrogens with zero attached hydrogens (tertiary/aromatic N) is 1. The lowest BCUT2D eigenvalue weighted by Gasteiger charge is -2.33. The fourth-order valence-electron chi connectivity index (χ4n) is 3.15. The molecule has 1 amide bonds. The second-order valence-corrected chi connectivity index (χ2v) is 6.86. The summed E-state index contributed by atoms with van der Waals surface area (Å²) in [6, 6.07) is 9.90. The van der Waals surface area contributed by atoms with Crippen molar-refractivity contribution in [1.82, 2.24) is 0 Å². The van der Waals surface area contributed by atoms with Crippen LogP contribution in [-0.4, -0.2) is 46.2 Å². The molecule has 1 aliphatic rings. The minimum absolute atomic E-state index is 0.162. The summed E-state index contributed by atoms with van der Waals surface area (Å²) in [4.78, 5) is 16.0. The van der Waals surface area contributed by atoms with Crippen LogP contribution in [0.3, 0.4) is 0 Å². The van der Waals surface area contributed by atoms with Crippen molar-refractivity contribution in [3.8, 4) is 5.75 Å². The van der Waals surface area contributed by atoms with Crippen molar-refractivity contribution in [2.24, 2.45) is 0 Å². The highest BCUT2D eigenvalue weighted by atomic mass is 19.4. The lowest BCUT2D eigenvalue weighted by Crippen LogP contribution is -3.12. The highest BCUT2D eigenvalue weighted by molar-refractivity contribution is 6.06. The molecule has 28 heavy (non-hydrogen) atoms. The van der Waals surface area contributed by atoms with E-state index in [0.29, 0.717) is 30.1 Å². The van der Waals surface area contributed by atoms with Crippen LogP contribution < -0.4 is 19.9 Å². The number of nitrogens with one attached hydrogen (secondary N) is 2. The standard InChI is InChI=1S/C20H22F3N3O2/c1-25-9-11-26(12-10-25)18-8-5-15(20(21,22)23)13-17(18)24-19(27)14-3-6-16(28-2)7-4-14/h3-8,13H,9-12H2,1-2H3,(H,24,27)/p+1. The Bertz CT molecular complexity index is 830. The van der Waals surface area contributed by atoms with Gasteiger partial charge in [-0.25, -0.2) is 0 Å². The molecule has 1 fully saturated rings. The van der Waals surface area contributed by atoms with Crippen molar-refractivity contribution in [3.05, 3.63) is 53.6 Å². The molecule has 0 spiro atoms. The van der Waals surface area contributed by atoms with E-state index < -0.39 is 17.6 Å². The zero-order valence-corrected chi connectivity index (χ0v) is 15.8. The van der Waals surface area contributed by atoms with Gasteiger partial charge < -0.3 is 19.9 Å². The quantitative estimate of drug-likeness (QED) is 0.837. The maximum atomic E-state index is 13.2. The maximum absolute atomic E-state index is 13.2. The van der Waals surface area contributed by atoms with Crippen LogP contribution in [0.25, 0.3) is 0 Å². The van der Waals surface area contributed by atoms with Crippen molar-refractivity contribution < 1.29 is 27.6 Å². The molecule has 2 aromatic rings. The molecule has 2 N–H and O–H groups in total. The number of ether oxygens (including phenoxy) is 1. The molecule has 1 saturated heterocycles. The Balaban J connectivity index is 1.90. The van der Waals surface area contributed by atoms with E-state index in [9.17, 15) is 18.0 Å². The largest absolute Gasteiger partial charge is 0.497 e. The van der Waals surface area contributed by atoms with Crippen LogP contribution in [0.2, 0.25) is 0 Å². The molecule has 1 heterocycles. The van der Waals surface area contributed by atoms with Gasteiger partial charge in [-0.2, -0.15) is 13.2 Å². The molecule has 150 valence electrons. The number of quaternary nitrogens is 1. The van der Waals surface area contributed by atoms with Crippen molar-refractivity contribution in [3.63, 3.8) is 0 Å². The zero-order chi connectivity index (χ0) is 20.3. The van der Waals surface area contributed by atoms with Crippen molar-refractivity contribution in [1.29, 1.82) is 0 Å². The van der Waals surface area contributed by atoms with Gasteiger partial charge in [0, 0.05) is 5.56 Å². The summed E-state index contributed by atoms with van der Waals surface area (Å²) >= 11 is 0. The average Bonchev–Trinajstić information content (AvgIpc) is 2.68. The third-order valence-electron chi connectivity index (χ3n) is 4.88. The summed E-state index contributed by atoms with van der Waals surface area (Å²) in [6.07, 6.45) is -4.48. The first-order valence-electron chi connectivity index (χ1n) is 9.01. The van der Waals surface area contributed by atoms with Crippen LogP contribution in [0.5, 0.6) is 5.75 Å². The van der Waals surface area contributed by atoms with E-state index >= 15 is 0 Å². The van der Waals surface area contributed by atoms with Gasteiger partial charge in [0.25, 0.3) is 5.91 Å². The Morgan fingerprint density at radius 1 is 1.11 bits per heavy atom. The van der Waals surface area contributed by atoms with Gasteiger partial charge in [0.15, 0.2) is 0 Å². The lowest BCUT2D eigenvalue weighted by molar-refractivity contribution is -0.880. The topological polar surface area (TPSA) is 46.0 Å². The lowest BCUT2D eigenvalue weighted by atomic mass is 10.1. The molecule has 0 aromatic heterocycles. The average molecular weight is 394 g/mol. The summed E-state index contributed by atoms with van der Waals surface area (Å²) in [6.45, 7) is 3.19. The molecule has 0 bridgehead atoms. The van der Waals surface area contributed by atoms with E-state index in [0.717, 1.165) is 25.2 Å². The minimum atomic E-state index is -4.48. The van der Waals surface area contributed by atoms with E-state index in [-0.39, 0.29) is 5.69 Å². The summed E-state index contributed by atoms with van der Waals surface area (Å²) in [5.74, 6) is 0.124. The maximum Gasteiger partial charge on any atom is 0.416 e. The number of anilines is 2. The van der Waals surface area contributed by atoms with Crippen LogP contribution in [-0.2, 0) is 6.18 Å². The molecule has 1 aliphatic heterocycles. The Kier molecular flexibility index (Phi) is 5.79. The highest BCUT2D eigenvalue weighted by Crippen LogP contribution is 2.35. The summed E-state index contributed by atoms with van der Waals surface area (Å²) in [7, 11) is 3.60. The first-order valence-corrected chi connectivity index (χ1v) is 9.01. The second-order valence-electron chi connectivity index (χ2n) is 6.86. The molecular weight excluding hydrogens is 371 g/mol. The fourth-order valence-corrected chi connectivity index (χ4v) is 3.15. The van der Waals surface area contributed by atoms with Gasteiger partial charge >= 0.3 is 6.18 Å². The van der Waals surface area contributed by atoms with Crippen LogP contribution in [0.1, 0.15) is 15.9 Å². The smallest absolute Gasteiger partial charge is 0.416 e. The van der Waals surface area contributed by atoms with Gasteiger partial charge in [-0.3, -0.25) is 4.79 Å². The SMILES string of the molecule is COc1ccc(C(=O)Nc2cc(C(F)(F)F)ccc2N2CC[NH+](C)CC2)cc1. The number of rotatable bonds is 4. The van der Waals surface area contributed by atoms with E-state index in [4.69, 9.17) is 4.74 Å². The van der Waals surface area contributed by atoms with Crippen molar-refractivity contribution in [2.75, 3.05) is 50.6 Å². The van der Waals surface area contributed by atoms with Crippen LogP contribution >= 0.6 is 0 Å². The number of halogens is 3. The van der Waals surface area contributed by atoms with E-state index in [1.807, 2.05) is 4.90 Å². The number of hydrogen-bond donors (Lipinski definition) is 2. The van der Waals surface area contributed by atoms with Gasteiger partial charge in [0.2, 0.25) is 0 Å². The molecule has 0 unspecified atom stereocenters. The van der Waals surface area contributed by atoms with Gasteiger partial charge in [-0.05, 0) is 42.5 Å². The summed E-state index contributed by atoms with van der Waals surface area (Å²) in [5, 5.41) is 2.66. The normalized spacial score (nSPS) is 15.4. The zero-order valence-electron chi connectivity index (χ0n) is 15.8. The monoisotopic (exact) mass is 394 g/mol. The Morgan fingerprint density at radius 3 is 2.32 bits per heavy atom. The fraction of sp³-hybridized carbons (Fsp3) is 0.350. The van der Waals surface area contributed by atoms with E-state index in [1.54, 1.807) is 24.3 Å². The first kappa shape index (κ1) is 20.0. The third-order valence-corrected chi connectivity index (χ3v) is 4.88. The first-order chi connectivity index (χ1) is 13.3. The molecule has 0 radical (unpaired) electrons. The second kappa shape index (κ2) is 8.10. The Hall–Kier alpha value is -2.74. The van der Waals surface area contributed by atoms with Gasteiger partial charge in [-0.15, -0.1) is 0 Å². The van der Waals surface area contributed by atoms with E-state index in [1.165, 1.54) is 18.1 Å². The molecular formula is C20H23F3N3O2+. The van der Waals surface area contributed by atoms with E-state index in [2.05, 4.69) is 12.4 Å². The number of benzene rings is 2. The Morgan fingerprint density at radius 2 is 1.75 bits per heavy atom. The van der Waals surface area contributed by atoms with Gasteiger partial charge in [0.1, 0.15) is 5.75 Å². The number of methoxy groups -OCH3 is 1. The van der Waals surface area contributed by atoms with Crippen molar-refractivity contribution in [2.45, 2.75) is 6.18 Å². The Labute approximate surface area is 161 Å². The van der Waals surface area contributed by atoms with Crippen LogP contribution in [0, 0.1) is 0 Å². The number of amides is 1. The number of alkyl halides is 3. The molecule has 0 atom stereocenters. The minimum Gasteiger partial charge on any atom is -0.497 e. The predicted molar refractivity (Wildman–Crippen MR) is 101 cm³/mol. The number of piperazine rings is 1. The third kappa shape index (κ3) is 4.56. The van der Waals surface area contributed by atoms with Crippen LogP contribution in [0.4, 0.5) is 24.5 Å². The number of hydrogen-bond acceptors (Lipinski definition) is 3. The van der Waals surface area contributed by atoms with Crippen LogP contribution in [0.15, 0.2) is 42.5 Å². The molecule has 3 rings (SSSR count). The van der Waals surface area contributed by atoms with Gasteiger partial charge in [-0.1, -0.05) is 0 Å². The summed E-state index contributed by atoms with van der Waals surface area (Å²) in [5.41, 5.74) is 0.311. The van der Waals surface area contributed by atoms with Gasteiger partial charge in [0.05, 0.1) is 57.3 Å².